The Morgan fingerprint density at radius 3 is 2.78 bits per heavy atom. The lowest BCUT2D eigenvalue weighted by Gasteiger charge is -2.24. The molecule has 1 aromatic heterocycles. The van der Waals surface area contributed by atoms with Crippen molar-refractivity contribution in [3.8, 4) is 0 Å². The molecule has 1 saturated carbocycles. The first kappa shape index (κ1) is 13.6. The van der Waals surface area contributed by atoms with Crippen LogP contribution in [0.1, 0.15) is 39.0 Å². The largest absolute Gasteiger partial charge is 0.374 e. The van der Waals surface area contributed by atoms with Crippen molar-refractivity contribution >= 4 is 34.1 Å². The minimum Gasteiger partial charge on any atom is -0.374 e. The molecule has 3 N–H and O–H groups in total. The van der Waals surface area contributed by atoms with E-state index in [1.54, 1.807) is 0 Å². The summed E-state index contributed by atoms with van der Waals surface area (Å²) in [4.78, 5) is 12.0. The van der Waals surface area contributed by atoms with Crippen LogP contribution >= 0.6 is 23.1 Å². The molecule has 1 aromatic rings. The molecule has 0 spiro atoms. The van der Waals surface area contributed by atoms with E-state index in [2.05, 4.69) is 15.5 Å². The predicted octanol–water partition coefficient (Wildman–Crippen LogP) is 2.05. The summed E-state index contributed by atoms with van der Waals surface area (Å²) in [7, 11) is 0. The van der Waals surface area contributed by atoms with Gasteiger partial charge in [-0.15, -0.1) is 10.2 Å². The van der Waals surface area contributed by atoms with E-state index in [1.165, 1.54) is 42.4 Å². The van der Waals surface area contributed by atoms with Crippen LogP contribution in [0.3, 0.4) is 0 Å². The van der Waals surface area contributed by atoms with Crippen molar-refractivity contribution < 1.29 is 4.79 Å². The molecule has 1 atom stereocenters. The molecule has 0 saturated heterocycles. The fraction of sp³-hybridized carbons (Fsp3) is 0.727. The standard InChI is InChI=1S/C11H18N4OS2/c1-7(17-11-15-14-10(12)18-11)9(16)13-8-5-3-2-4-6-8/h7-8H,2-6H2,1H3,(H2,12,14)(H,13,16). The van der Waals surface area contributed by atoms with Gasteiger partial charge in [0.25, 0.3) is 0 Å². The number of nitrogens with zero attached hydrogens (tertiary/aromatic N) is 2. The second-order valence-corrected chi connectivity index (χ2v) is 7.11. The maximum atomic E-state index is 12.0. The van der Waals surface area contributed by atoms with Gasteiger partial charge >= 0.3 is 0 Å². The van der Waals surface area contributed by atoms with Crippen molar-refractivity contribution in [1.82, 2.24) is 15.5 Å². The minimum atomic E-state index is -0.153. The zero-order chi connectivity index (χ0) is 13.0. The summed E-state index contributed by atoms with van der Waals surface area (Å²) < 4.78 is 0.749. The molecule has 5 nitrogen and oxygen atoms in total. The number of anilines is 1. The fourth-order valence-corrected chi connectivity index (χ4v) is 3.83. The zero-order valence-corrected chi connectivity index (χ0v) is 12.0. The highest BCUT2D eigenvalue weighted by molar-refractivity contribution is 8.02. The van der Waals surface area contributed by atoms with Gasteiger partial charge in [0.2, 0.25) is 11.0 Å². The third-order valence-corrected chi connectivity index (χ3v) is 4.96. The van der Waals surface area contributed by atoms with Gasteiger partial charge in [0.15, 0.2) is 4.34 Å². The fourth-order valence-electron chi connectivity index (χ4n) is 2.04. The summed E-state index contributed by atoms with van der Waals surface area (Å²) in [5, 5.41) is 11.0. The third-order valence-electron chi connectivity index (χ3n) is 3.02. The number of carbonyl (C=O) groups is 1. The molecule has 18 heavy (non-hydrogen) atoms. The molecule has 0 bridgehead atoms. The summed E-state index contributed by atoms with van der Waals surface area (Å²) in [5.41, 5.74) is 5.51. The van der Waals surface area contributed by atoms with Crippen LogP contribution in [-0.4, -0.2) is 27.4 Å². The van der Waals surface area contributed by atoms with E-state index >= 15 is 0 Å². The van der Waals surface area contributed by atoms with Gasteiger partial charge in [-0.2, -0.15) is 0 Å². The quantitative estimate of drug-likeness (QED) is 0.828. The van der Waals surface area contributed by atoms with Gasteiger partial charge in [0, 0.05) is 6.04 Å². The molecule has 1 fully saturated rings. The Morgan fingerprint density at radius 2 is 2.17 bits per heavy atom. The van der Waals surface area contributed by atoms with Gasteiger partial charge in [-0.25, -0.2) is 0 Å². The SMILES string of the molecule is CC(Sc1nnc(N)s1)C(=O)NC1CCCCC1. The first-order valence-corrected chi connectivity index (χ1v) is 7.91. The van der Waals surface area contributed by atoms with Gasteiger partial charge < -0.3 is 11.1 Å². The predicted molar refractivity (Wildman–Crippen MR) is 74.7 cm³/mol. The Hall–Kier alpha value is -0.820. The molecular formula is C11H18N4OS2. The van der Waals surface area contributed by atoms with Gasteiger partial charge in [0.1, 0.15) is 0 Å². The summed E-state index contributed by atoms with van der Waals surface area (Å²) in [6, 6.07) is 0.355. The first-order chi connectivity index (χ1) is 8.65. The normalized spacial score (nSPS) is 18.5. The lowest BCUT2D eigenvalue weighted by Crippen LogP contribution is -2.40. The van der Waals surface area contributed by atoms with Gasteiger partial charge in [-0.1, -0.05) is 42.4 Å². The molecule has 1 aliphatic rings. The van der Waals surface area contributed by atoms with Crippen LogP contribution in [0.15, 0.2) is 4.34 Å². The van der Waals surface area contributed by atoms with Crippen molar-refractivity contribution in [2.24, 2.45) is 0 Å². The van der Waals surface area contributed by atoms with E-state index in [0.29, 0.717) is 11.2 Å². The Kier molecular flexibility index (Phi) is 4.82. The monoisotopic (exact) mass is 286 g/mol. The number of hydrogen-bond donors (Lipinski definition) is 2. The number of carbonyl (C=O) groups excluding carboxylic acids is 1. The summed E-state index contributed by atoms with van der Waals surface area (Å²) >= 11 is 2.73. The summed E-state index contributed by atoms with van der Waals surface area (Å²) in [6.07, 6.45) is 5.95. The number of hydrogen-bond acceptors (Lipinski definition) is 6. The molecule has 1 amide bonds. The molecule has 0 aromatic carbocycles. The van der Waals surface area contributed by atoms with Crippen molar-refractivity contribution in [3.05, 3.63) is 0 Å². The molecule has 1 unspecified atom stereocenters. The molecule has 7 heteroatoms. The molecule has 100 valence electrons. The molecule has 1 heterocycles. The van der Waals surface area contributed by atoms with Crippen molar-refractivity contribution in [3.63, 3.8) is 0 Å². The second-order valence-electron chi connectivity index (χ2n) is 4.51. The third kappa shape index (κ3) is 3.84. The van der Waals surface area contributed by atoms with Crippen LogP contribution in [0.4, 0.5) is 5.13 Å². The number of rotatable bonds is 4. The summed E-state index contributed by atoms with van der Waals surface area (Å²) in [6.45, 7) is 1.89. The molecule has 2 rings (SSSR count). The van der Waals surface area contributed by atoms with Gasteiger partial charge in [-0.05, 0) is 19.8 Å². The molecule has 0 radical (unpaired) electrons. The smallest absolute Gasteiger partial charge is 0.233 e. The topological polar surface area (TPSA) is 80.9 Å². The highest BCUT2D eigenvalue weighted by atomic mass is 32.2. The lowest BCUT2D eigenvalue weighted by atomic mass is 9.95. The average Bonchev–Trinajstić information content (AvgIpc) is 2.76. The van der Waals surface area contributed by atoms with Crippen LogP contribution < -0.4 is 11.1 Å². The number of aromatic nitrogens is 2. The number of thioether (sulfide) groups is 1. The van der Waals surface area contributed by atoms with Gasteiger partial charge in [0.05, 0.1) is 5.25 Å². The van der Waals surface area contributed by atoms with Crippen molar-refractivity contribution in [2.75, 3.05) is 5.73 Å². The van der Waals surface area contributed by atoms with E-state index in [1.807, 2.05) is 6.92 Å². The maximum Gasteiger partial charge on any atom is 0.233 e. The van der Waals surface area contributed by atoms with E-state index < -0.39 is 0 Å². The highest BCUT2D eigenvalue weighted by Crippen LogP contribution is 2.27. The molecular weight excluding hydrogens is 268 g/mol. The van der Waals surface area contributed by atoms with E-state index in [9.17, 15) is 4.79 Å². The molecule has 1 aliphatic carbocycles. The second kappa shape index (κ2) is 6.38. The van der Waals surface area contributed by atoms with Crippen LogP contribution in [0.25, 0.3) is 0 Å². The number of nitrogen functional groups attached to an aromatic ring is 1. The Morgan fingerprint density at radius 1 is 1.44 bits per heavy atom. The Balaban J connectivity index is 1.80. The van der Waals surface area contributed by atoms with Crippen molar-refractivity contribution in [1.29, 1.82) is 0 Å². The average molecular weight is 286 g/mol. The van der Waals surface area contributed by atoms with Gasteiger partial charge in [-0.3, -0.25) is 4.79 Å². The van der Waals surface area contributed by atoms with E-state index in [4.69, 9.17) is 5.73 Å². The number of amides is 1. The van der Waals surface area contributed by atoms with Crippen LogP contribution in [0, 0.1) is 0 Å². The highest BCUT2D eigenvalue weighted by Gasteiger charge is 2.21. The zero-order valence-electron chi connectivity index (χ0n) is 10.4. The first-order valence-electron chi connectivity index (χ1n) is 6.21. The van der Waals surface area contributed by atoms with E-state index in [0.717, 1.165) is 17.2 Å². The maximum absolute atomic E-state index is 12.0. The summed E-state index contributed by atoms with van der Waals surface area (Å²) in [5.74, 6) is 0.0840. The Bertz CT molecular complexity index is 404. The number of nitrogens with two attached hydrogens (primary N) is 1. The van der Waals surface area contributed by atoms with Crippen LogP contribution in [-0.2, 0) is 4.79 Å². The molecule has 0 aliphatic heterocycles. The van der Waals surface area contributed by atoms with Crippen molar-refractivity contribution in [2.45, 2.75) is 54.7 Å². The van der Waals surface area contributed by atoms with Crippen LogP contribution in [0.2, 0.25) is 0 Å². The Labute approximate surface area is 115 Å². The van der Waals surface area contributed by atoms with E-state index in [-0.39, 0.29) is 11.2 Å². The number of nitrogens with one attached hydrogen (secondary N) is 1. The lowest BCUT2D eigenvalue weighted by molar-refractivity contribution is -0.121. The minimum absolute atomic E-state index is 0.0840. The van der Waals surface area contributed by atoms with Crippen LogP contribution in [0.5, 0.6) is 0 Å².